The first-order chi connectivity index (χ1) is 16.2. The number of unbranched alkanes of at least 4 members (excludes halogenated alkanes) is 2. The summed E-state index contributed by atoms with van der Waals surface area (Å²) < 4.78 is 7.01. The van der Waals surface area contributed by atoms with Gasteiger partial charge in [0.15, 0.2) is 0 Å². The molecular weight excluding hydrogens is 423 g/mol. The van der Waals surface area contributed by atoms with E-state index < -0.39 is 6.83 Å². The van der Waals surface area contributed by atoms with E-state index in [1.54, 1.807) is 0 Å². The van der Waals surface area contributed by atoms with Gasteiger partial charge in [-0.1, -0.05) is 0 Å². The molecule has 0 saturated carbocycles. The molecule has 0 spiro atoms. The topological polar surface area (TPSA) is 26.3 Å². The van der Waals surface area contributed by atoms with Crippen LogP contribution >= 0.6 is 6.83 Å². The van der Waals surface area contributed by atoms with Crippen molar-refractivity contribution in [3.63, 3.8) is 0 Å². The van der Waals surface area contributed by atoms with Crippen LogP contribution in [0.25, 0.3) is 0 Å². The van der Waals surface area contributed by atoms with Gasteiger partial charge in [0.1, 0.15) is 0 Å². The molecule has 0 saturated heterocycles. The van der Waals surface area contributed by atoms with Crippen molar-refractivity contribution in [2.45, 2.75) is 32.6 Å². The van der Waals surface area contributed by atoms with Gasteiger partial charge in [0.05, 0.1) is 0 Å². The Morgan fingerprint density at radius 3 is 1.21 bits per heavy atom. The molecule has 0 aliphatic heterocycles. The van der Waals surface area contributed by atoms with E-state index in [2.05, 4.69) is 55.5 Å². The molecule has 2 nitrogen and oxygen atoms in total. The molecule has 0 amide bonds. The molecule has 0 radical (unpaired) electrons. The molecular formula is C30H31O2P. The Labute approximate surface area is 197 Å². The molecule has 0 aromatic heterocycles. The molecule has 0 unspecified atom stereocenters. The van der Waals surface area contributed by atoms with E-state index in [0.717, 1.165) is 40.5 Å². The number of carbonyl (C=O) groups is 1. The minimum atomic E-state index is -3.85. The van der Waals surface area contributed by atoms with E-state index in [1.807, 2.05) is 72.8 Å². The van der Waals surface area contributed by atoms with Crippen LogP contribution in [-0.4, -0.2) is 5.97 Å². The summed E-state index contributed by atoms with van der Waals surface area (Å²) in [6.45, 7) is -1.71. The third-order valence-corrected chi connectivity index (χ3v) is 12.0. The molecule has 0 aliphatic rings. The number of benzene rings is 4. The van der Waals surface area contributed by atoms with E-state index in [4.69, 9.17) is 4.52 Å². The van der Waals surface area contributed by atoms with E-state index >= 15 is 0 Å². The van der Waals surface area contributed by atoms with Crippen molar-refractivity contribution >= 4 is 34.0 Å². The Bertz CT molecular complexity index is 990. The van der Waals surface area contributed by atoms with Gasteiger partial charge in [-0.05, 0) is 0 Å². The van der Waals surface area contributed by atoms with Gasteiger partial charge in [0.2, 0.25) is 0 Å². The number of rotatable bonds is 9. The predicted octanol–water partition coefficient (Wildman–Crippen LogP) is 5.88. The van der Waals surface area contributed by atoms with Gasteiger partial charge in [-0.2, -0.15) is 0 Å². The zero-order valence-corrected chi connectivity index (χ0v) is 20.0. The van der Waals surface area contributed by atoms with E-state index in [0.29, 0.717) is 6.42 Å². The minimum absolute atomic E-state index is 0.151. The quantitative estimate of drug-likeness (QED) is 0.233. The molecule has 0 N–H and O–H groups in total. The molecule has 4 aromatic carbocycles. The van der Waals surface area contributed by atoms with Gasteiger partial charge >= 0.3 is 197 Å². The Morgan fingerprint density at radius 2 is 0.909 bits per heavy atom. The molecule has 0 aliphatic carbocycles. The van der Waals surface area contributed by atoms with Crippen LogP contribution in [0.3, 0.4) is 0 Å². The first kappa shape index (κ1) is 23.0. The summed E-state index contributed by atoms with van der Waals surface area (Å²) in [6, 6.07) is 41.3. The van der Waals surface area contributed by atoms with Gasteiger partial charge in [0, 0.05) is 0 Å². The third kappa shape index (κ3) is 4.01. The molecule has 33 heavy (non-hydrogen) atoms. The summed E-state index contributed by atoms with van der Waals surface area (Å²) in [5.74, 6) is -0.151. The standard InChI is InChI=1S/C30H31O2P/c1-2-3-8-25-30(31)32-33(26-17-9-4-10-18-26,27-19-11-5-12-20-27,28-21-13-6-14-22-28)29-23-15-7-16-24-29/h4-7,9-24H,2-3,8,25H2,1H3. The SMILES string of the molecule is CCCCCC(=O)OP(c1ccccc1)(c1ccccc1)(c1ccccc1)c1ccccc1. The Hall–Kier alpha value is -3.22. The molecule has 4 rings (SSSR count). The van der Waals surface area contributed by atoms with Crippen LogP contribution in [0.4, 0.5) is 0 Å². The van der Waals surface area contributed by atoms with Crippen LogP contribution in [-0.2, 0) is 9.32 Å². The average Bonchev–Trinajstić information content (AvgIpc) is 2.90. The van der Waals surface area contributed by atoms with E-state index in [1.165, 1.54) is 0 Å². The average molecular weight is 455 g/mol. The van der Waals surface area contributed by atoms with E-state index in [-0.39, 0.29) is 5.97 Å². The van der Waals surface area contributed by atoms with Crippen LogP contribution < -0.4 is 21.2 Å². The first-order valence-corrected chi connectivity index (χ1v) is 13.8. The number of hydrogen-bond donors (Lipinski definition) is 0. The van der Waals surface area contributed by atoms with Crippen LogP contribution in [0, 0.1) is 0 Å². The van der Waals surface area contributed by atoms with Gasteiger partial charge in [0.25, 0.3) is 0 Å². The fraction of sp³-hybridized carbons (Fsp3) is 0.167. The molecule has 3 heteroatoms. The van der Waals surface area contributed by atoms with Gasteiger partial charge in [-0.3, -0.25) is 0 Å². The van der Waals surface area contributed by atoms with Gasteiger partial charge in [-0.15, -0.1) is 0 Å². The monoisotopic (exact) mass is 454 g/mol. The Kier molecular flexibility index (Phi) is 7.06. The second-order valence-electron chi connectivity index (χ2n) is 8.30. The summed E-state index contributed by atoms with van der Waals surface area (Å²) in [5, 5.41) is 4.10. The summed E-state index contributed by atoms with van der Waals surface area (Å²) in [7, 11) is 0. The van der Waals surface area contributed by atoms with Crippen molar-refractivity contribution in [1.82, 2.24) is 0 Å². The van der Waals surface area contributed by atoms with E-state index in [9.17, 15) is 4.79 Å². The summed E-state index contributed by atoms with van der Waals surface area (Å²) >= 11 is 0. The fourth-order valence-corrected chi connectivity index (χ4v) is 10.4. The normalized spacial score (nSPS) is 12.5. The van der Waals surface area contributed by atoms with Crippen molar-refractivity contribution < 1.29 is 9.32 Å². The number of carbonyl (C=O) groups excluding carboxylic acids is 1. The predicted molar refractivity (Wildman–Crippen MR) is 141 cm³/mol. The third-order valence-electron chi connectivity index (χ3n) is 6.26. The first-order valence-electron chi connectivity index (χ1n) is 11.7. The van der Waals surface area contributed by atoms with Crippen molar-refractivity contribution in [3.05, 3.63) is 121 Å². The zero-order valence-electron chi connectivity index (χ0n) is 19.1. The van der Waals surface area contributed by atoms with Crippen molar-refractivity contribution in [1.29, 1.82) is 0 Å². The van der Waals surface area contributed by atoms with Crippen molar-refractivity contribution in [2.75, 3.05) is 0 Å². The summed E-state index contributed by atoms with van der Waals surface area (Å²) in [6.07, 6.45) is 3.31. The van der Waals surface area contributed by atoms with Gasteiger partial charge in [-0.25, -0.2) is 0 Å². The van der Waals surface area contributed by atoms with Crippen molar-refractivity contribution in [2.24, 2.45) is 0 Å². The molecule has 168 valence electrons. The van der Waals surface area contributed by atoms with Crippen molar-refractivity contribution in [3.8, 4) is 0 Å². The molecule has 0 fully saturated rings. The Morgan fingerprint density at radius 1 is 0.576 bits per heavy atom. The summed E-state index contributed by atoms with van der Waals surface area (Å²) in [5.41, 5.74) is 0. The van der Waals surface area contributed by atoms with Crippen LogP contribution in [0.1, 0.15) is 32.6 Å². The second-order valence-corrected chi connectivity index (χ2v) is 12.6. The van der Waals surface area contributed by atoms with Crippen LogP contribution in [0.5, 0.6) is 0 Å². The van der Waals surface area contributed by atoms with Crippen LogP contribution in [0.2, 0.25) is 0 Å². The number of hydrogen-bond acceptors (Lipinski definition) is 2. The Balaban J connectivity index is 2.14. The van der Waals surface area contributed by atoms with Crippen LogP contribution in [0.15, 0.2) is 121 Å². The maximum absolute atomic E-state index is 13.6. The fourth-order valence-electron chi connectivity index (χ4n) is 4.72. The second kappa shape index (κ2) is 10.1. The zero-order chi connectivity index (χ0) is 23.0. The molecule has 0 atom stereocenters. The molecule has 4 aromatic rings. The maximum atomic E-state index is 13.6. The molecule has 0 bridgehead atoms. The van der Waals surface area contributed by atoms with Gasteiger partial charge < -0.3 is 0 Å². The molecule has 0 heterocycles. The summed E-state index contributed by atoms with van der Waals surface area (Å²) in [4.78, 5) is 13.6.